The van der Waals surface area contributed by atoms with E-state index in [9.17, 15) is 0 Å². The lowest BCUT2D eigenvalue weighted by Gasteiger charge is -2.49. The Labute approximate surface area is 73.8 Å². The molecule has 2 aliphatic heterocycles. The number of nitrogens with zero attached hydrogens (tertiary/aromatic N) is 2. The van der Waals surface area contributed by atoms with Gasteiger partial charge in [-0.3, -0.25) is 0 Å². The second-order valence-electron chi connectivity index (χ2n) is 4.97. The Balaban J connectivity index is 1.94. The minimum atomic E-state index is 0.248. The van der Waals surface area contributed by atoms with Crippen LogP contribution in [0.3, 0.4) is 0 Å². The molecule has 3 heteroatoms. The smallest absolute Gasteiger partial charge is 0.179 e. The topological polar surface area (TPSA) is 26.8 Å². The van der Waals surface area contributed by atoms with Crippen LogP contribution in [0.5, 0.6) is 0 Å². The van der Waals surface area contributed by atoms with Gasteiger partial charge in [0.25, 0.3) is 0 Å². The highest BCUT2D eigenvalue weighted by atomic mass is 15.4. The molecule has 0 N–H and O–H groups in total. The van der Waals surface area contributed by atoms with Crippen LogP contribution in [-0.2, 0) is 0 Å². The second-order valence-corrected chi connectivity index (χ2v) is 4.97. The normalized spacial score (nSPS) is 51.2. The van der Waals surface area contributed by atoms with Crippen molar-refractivity contribution in [3.05, 3.63) is 0 Å². The third-order valence-electron chi connectivity index (χ3n) is 4.09. The highest BCUT2D eigenvalue weighted by molar-refractivity contribution is 6.51. The van der Waals surface area contributed by atoms with E-state index < -0.39 is 0 Å². The zero-order valence-corrected chi connectivity index (χ0v) is 7.54. The van der Waals surface area contributed by atoms with Gasteiger partial charge in [-0.25, -0.2) is 0 Å². The third kappa shape index (κ3) is 0.444. The molecular weight excluding hydrogens is 147 g/mol. The van der Waals surface area contributed by atoms with E-state index in [1.165, 1.54) is 12.8 Å². The highest BCUT2D eigenvalue weighted by Crippen LogP contribution is 2.71. The minimum absolute atomic E-state index is 0.248. The van der Waals surface area contributed by atoms with Crippen LogP contribution in [0.15, 0.2) is 0 Å². The van der Waals surface area contributed by atoms with Crippen molar-refractivity contribution in [3.63, 3.8) is 0 Å². The summed E-state index contributed by atoms with van der Waals surface area (Å²) in [4.78, 5) is 1.99. The fraction of sp³-hybridized carbons (Fsp3) is 0.889. The first-order valence-electron chi connectivity index (χ1n) is 4.69. The Bertz CT molecular complexity index is 293. The Morgan fingerprint density at radius 2 is 2.25 bits per heavy atom. The van der Waals surface area contributed by atoms with Crippen LogP contribution < -0.4 is 0 Å². The average molecular weight is 159 g/mol. The Kier molecular flexibility index (Phi) is 0.869. The highest BCUT2D eigenvalue weighted by Gasteiger charge is 2.79. The van der Waals surface area contributed by atoms with Crippen LogP contribution in [0.25, 0.3) is 0 Å². The summed E-state index contributed by atoms with van der Waals surface area (Å²) in [6, 6.07) is 0.584. The fourth-order valence-electron chi connectivity index (χ4n) is 3.69. The van der Waals surface area contributed by atoms with Crippen LogP contribution in [0.1, 0.15) is 26.7 Å². The third-order valence-corrected chi connectivity index (χ3v) is 4.09. The molecule has 1 radical (unpaired) electrons. The number of likely N-dealkylation sites (tertiary alicyclic amines) is 1. The van der Waals surface area contributed by atoms with E-state index >= 15 is 0 Å². The monoisotopic (exact) mass is 159 g/mol. The molecule has 61 valence electrons. The predicted octanol–water partition coefficient (Wildman–Crippen LogP) is 1.17. The maximum absolute atomic E-state index is 8.85. The maximum Gasteiger partial charge on any atom is 0.179 e. The molecule has 1 aliphatic carbocycles. The van der Waals surface area contributed by atoms with E-state index in [4.69, 9.17) is 5.26 Å². The number of piperidine rings is 1. The standard InChI is InChI=1S/C9H12BN2/c1-8(2)6-3-4-7-9(6,10-8)12(7)5-11/h6-7H,3-4H2,1-2H3. The first-order valence-corrected chi connectivity index (χ1v) is 4.69. The van der Waals surface area contributed by atoms with E-state index in [-0.39, 0.29) is 5.44 Å². The van der Waals surface area contributed by atoms with Gasteiger partial charge in [-0.05, 0) is 18.8 Å². The van der Waals surface area contributed by atoms with Gasteiger partial charge in [0, 0.05) is 5.44 Å². The van der Waals surface area contributed by atoms with Gasteiger partial charge in [-0.2, -0.15) is 5.26 Å². The van der Waals surface area contributed by atoms with E-state index in [0.717, 1.165) is 5.92 Å². The summed E-state index contributed by atoms with van der Waals surface area (Å²) >= 11 is 0. The van der Waals surface area contributed by atoms with E-state index in [1.807, 2.05) is 4.90 Å². The summed E-state index contributed by atoms with van der Waals surface area (Å²) in [5.74, 6) is 0.759. The van der Waals surface area contributed by atoms with Crippen molar-refractivity contribution in [3.8, 4) is 6.19 Å². The van der Waals surface area contributed by atoms with Gasteiger partial charge in [-0.15, -0.1) is 0 Å². The zero-order chi connectivity index (χ0) is 8.56. The molecule has 1 saturated carbocycles. The van der Waals surface area contributed by atoms with Crippen molar-refractivity contribution < 1.29 is 0 Å². The van der Waals surface area contributed by atoms with Gasteiger partial charge in [0.05, 0.1) is 6.04 Å². The Hall–Kier alpha value is -0.645. The van der Waals surface area contributed by atoms with Crippen molar-refractivity contribution in [2.75, 3.05) is 0 Å². The van der Waals surface area contributed by atoms with Crippen LogP contribution >= 0.6 is 0 Å². The lowest BCUT2D eigenvalue weighted by molar-refractivity contribution is 0.264. The first-order chi connectivity index (χ1) is 5.63. The van der Waals surface area contributed by atoms with Crippen LogP contribution in [0.2, 0.25) is 5.31 Å². The van der Waals surface area contributed by atoms with Crippen molar-refractivity contribution in [1.29, 1.82) is 5.26 Å². The Morgan fingerprint density at radius 3 is 2.75 bits per heavy atom. The van der Waals surface area contributed by atoms with E-state index in [1.54, 1.807) is 0 Å². The molecule has 12 heavy (non-hydrogen) atoms. The molecule has 3 fully saturated rings. The van der Waals surface area contributed by atoms with Gasteiger partial charge in [0.15, 0.2) is 13.5 Å². The van der Waals surface area contributed by atoms with Gasteiger partial charge in [-0.1, -0.05) is 19.2 Å². The summed E-state index contributed by atoms with van der Waals surface area (Å²) in [6.07, 6.45) is 4.86. The van der Waals surface area contributed by atoms with Crippen molar-refractivity contribution in [2.45, 2.75) is 43.5 Å². The molecule has 3 aliphatic rings. The summed E-state index contributed by atoms with van der Waals surface area (Å²) < 4.78 is 0. The molecule has 0 aromatic heterocycles. The molecule has 1 spiro atoms. The quantitative estimate of drug-likeness (QED) is 0.301. The van der Waals surface area contributed by atoms with Crippen LogP contribution in [0.4, 0.5) is 0 Å². The maximum atomic E-state index is 8.85. The molecule has 3 rings (SSSR count). The number of hydrogen-bond donors (Lipinski definition) is 0. The molecule has 0 aromatic rings. The van der Waals surface area contributed by atoms with Crippen molar-refractivity contribution in [1.82, 2.24) is 4.90 Å². The number of nitriles is 1. The minimum Gasteiger partial charge on any atom is -0.306 e. The lowest BCUT2D eigenvalue weighted by Crippen LogP contribution is -2.55. The van der Waals surface area contributed by atoms with Crippen molar-refractivity contribution in [2.24, 2.45) is 5.92 Å². The lowest BCUT2D eigenvalue weighted by atomic mass is 9.27. The molecule has 0 amide bonds. The summed E-state index contributed by atoms with van der Waals surface area (Å²) in [7, 11) is 2.39. The zero-order valence-electron chi connectivity index (χ0n) is 7.54. The molecule has 3 unspecified atom stereocenters. The molecule has 2 heterocycles. The van der Waals surface area contributed by atoms with E-state index in [2.05, 4.69) is 27.3 Å². The number of rotatable bonds is 0. The van der Waals surface area contributed by atoms with E-state index in [0.29, 0.717) is 11.4 Å². The molecule has 2 nitrogen and oxygen atoms in total. The molecule has 2 saturated heterocycles. The van der Waals surface area contributed by atoms with Gasteiger partial charge >= 0.3 is 0 Å². The molecule has 0 aromatic carbocycles. The van der Waals surface area contributed by atoms with Gasteiger partial charge < -0.3 is 4.90 Å². The largest absolute Gasteiger partial charge is 0.306 e. The number of hydrogen-bond acceptors (Lipinski definition) is 2. The van der Waals surface area contributed by atoms with Gasteiger partial charge in [0.1, 0.15) is 0 Å². The molecule has 3 atom stereocenters. The first kappa shape index (κ1) is 6.83. The van der Waals surface area contributed by atoms with Crippen molar-refractivity contribution >= 4 is 7.28 Å². The summed E-state index contributed by atoms with van der Waals surface area (Å²) in [5.41, 5.74) is 0.248. The van der Waals surface area contributed by atoms with Gasteiger partial charge in [0.2, 0.25) is 0 Å². The van der Waals surface area contributed by atoms with Crippen LogP contribution in [-0.4, -0.2) is 23.7 Å². The molecule has 0 bridgehead atoms. The SMILES string of the molecule is CC1(C)[B]C23C(CCC12)N3C#N. The van der Waals surface area contributed by atoms with Crippen LogP contribution in [0, 0.1) is 17.4 Å². The Morgan fingerprint density at radius 1 is 1.50 bits per heavy atom. The average Bonchev–Trinajstić information content (AvgIpc) is 2.46. The summed E-state index contributed by atoms with van der Waals surface area (Å²) in [5, 5.41) is 9.24. The second kappa shape index (κ2) is 1.53. The summed E-state index contributed by atoms with van der Waals surface area (Å²) in [6.45, 7) is 4.58. The fourth-order valence-corrected chi connectivity index (χ4v) is 3.69. The predicted molar refractivity (Wildman–Crippen MR) is 46.5 cm³/mol. The molecular formula is C9H12BN2.